The van der Waals surface area contributed by atoms with Gasteiger partial charge in [-0.3, -0.25) is 0 Å². The number of thiophene rings is 1. The molecule has 0 bridgehead atoms. The Bertz CT molecular complexity index is 4950. The molecule has 12 aromatic carbocycles. The van der Waals surface area contributed by atoms with Crippen LogP contribution in [0.5, 0.6) is 11.5 Å². The minimum absolute atomic E-state index is 0. The third-order valence-electron chi connectivity index (χ3n) is 17.3. The van der Waals surface area contributed by atoms with Gasteiger partial charge in [-0.1, -0.05) is 202 Å². The van der Waals surface area contributed by atoms with Crippen LogP contribution in [-0.2, 0) is 26.5 Å². The van der Waals surface area contributed by atoms with Crippen molar-refractivity contribution >= 4 is 76.1 Å². The van der Waals surface area contributed by atoms with E-state index in [1.54, 1.807) is 0 Å². The molecule has 7 heteroatoms. The van der Waals surface area contributed by atoms with Crippen LogP contribution >= 0.6 is 11.3 Å². The van der Waals surface area contributed by atoms with Crippen LogP contribution in [0.1, 0.15) is 31.9 Å². The Kier molecular flexibility index (Phi) is 14.5. The Morgan fingerprint density at radius 1 is 0.444 bits per heavy atom. The minimum atomic E-state index is -0.0870. The van der Waals surface area contributed by atoms with Crippen LogP contribution in [0.25, 0.3) is 115 Å². The van der Waals surface area contributed by atoms with Crippen molar-refractivity contribution in [2.24, 2.45) is 0 Å². The van der Waals surface area contributed by atoms with E-state index < -0.39 is 0 Å². The number of ether oxygens (including phenoxy) is 1. The molecule has 0 radical (unpaired) electrons. The Morgan fingerprint density at radius 3 is 1.52 bits per heavy atom. The number of para-hydroxylation sites is 3. The molecule has 436 valence electrons. The summed E-state index contributed by atoms with van der Waals surface area (Å²) in [6, 6.07) is 106. The molecule has 16 rings (SSSR count). The SMILES string of the molecule is Cc1cnc(-n2c3[c-]c(Oc4[c-]c(N5[CH-]N(c6c(-c7cc(-c8ccccc8)cc(-c8ccccc8)c7)cccc6-c6cc(-c7ccccc7)cc(-c7ccccc7)c6)c6ccccc65)ccc4)ccc3c3c4sc5ccccc5c4ccc32)cc1C(C)(C)C.[Pt]. The third-order valence-corrected chi connectivity index (χ3v) is 18.5. The maximum atomic E-state index is 6.95. The predicted octanol–water partition coefficient (Wildman–Crippen LogP) is 23.0. The van der Waals surface area contributed by atoms with Gasteiger partial charge in [0.2, 0.25) is 0 Å². The zero-order chi connectivity index (χ0) is 59.7. The van der Waals surface area contributed by atoms with Crippen LogP contribution in [0, 0.1) is 25.7 Å². The molecule has 0 aliphatic carbocycles. The molecule has 0 atom stereocenters. The average Bonchev–Trinajstić information content (AvgIpc) is 1.57. The smallest absolute Gasteiger partial charge is 0.135 e. The summed E-state index contributed by atoms with van der Waals surface area (Å²) in [4.78, 5) is 9.76. The molecule has 90 heavy (non-hydrogen) atoms. The first-order valence-corrected chi connectivity index (χ1v) is 31.1. The molecule has 0 saturated carbocycles. The van der Waals surface area contributed by atoms with Crippen LogP contribution in [-0.4, -0.2) is 9.55 Å². The topological polar surface area (TPSA) is 33.5 Å². The van der Waals surface area contributed by atoms with Crippen LogP contribution < -0.4 is 14.5 Å². The van der Waals surface area contributed by atoms with Crippen molar-refractivity contribution in [2.45, 2.75) is 33.1 Å². The number of benzene rings is 12. The van der Waals surface area contributed by atoms with Crippen molar-refractivity contribution < 1.29 is 25.8 Å². The zero-order valence-electron chi connectivity index (χ0n) is 50.1. The first-order valence-electron chi connectivity index (χ1n) is 30.3. The van der Waals surface area contributed by atoms with Gasteiger partial charge in [-0.25, -0.2) is 4.98 Å². The van der Waals surface area contributed by atoms with E-state index in [0.29, 0.717) is 11.5 Å². The van der Waals surface area contributed by atoms with Gasteiger partial charge in [0.05, 0.1) is 0 Å². The number of hydrogen-bond donors (Lipinski definition) is 0. The summed E-state index contributed by atoms with van der Waals surface area (Å²) >= 11 is 1.84. The van der Waals surface area contributed by atoms with Crippen LogP contribution in [0.2, 0.25) is 0 Å². The van der Waals surface area contributed by atoms with Gasteiger partial charge < -0.3 is 19.1 Å². The quantitative estimate of drug-likeness (QED) is 0.121. The zero-order valence-corrected chi connectivity index (χ0v) is 53.1. The third kappa shape index (κ3) is 10.2. The fourth-order valence-electron chi connectivity index (χ4n) is 13.2. The average molecular weight is 1360 g/mol. The molecule has 0 unspecified atom stereocenters. The number of nitrogens with zero attached hydrogens (tertiary/aromatic N) is 4. The van der Waals surface area contributed by atoms with Gasteiger partial charge in [-0.05, 0) is 151 Å². The Balaban J connectivity index is 0.00000676. The molecular formula is C83H59N4OPtS-3. The summed E-state index contributed by atoms with van der Waals surface area (Å²) < 4.78 is 11.7. The van der Waals surface area contributed by atoms with E-state index in [1.807, 2.05) is 29.7 Å². The molecule has 0 amide bonds. The standard InChI is InChI=1S/C83H59N4OS.Pt/c1-54-52-84-79(51-73(54)83(2,3)4)87-76-42-41-71-70-33-17-20-38-78(70)89-82(71)80(76)72-40-39-67(50-77(72)87)88-66-32-21-31-65(49-66)85-53-86(75-37-19-18-36-74(75)85)81-68(63-45-59(55-23-9-5-10-24-55)43-60(46-63)56-25-11-6-12-26-56)34-22-35-69(81)64-47-61(57-27-13-7-14-28-57)44-62(48-64)58-29-15-8-16-30-58;/h5-48,51-53H,1-4H3;/q-3;. The molecule has 3 aromatic heterocycles. The summed E-state index contributed by atoms with van der Waals surface area (Å²) in [7, 11) is 0. The fraction of sp³-hybridized carbons (Fsp3) is 0.0602. The van der Waals surface area contributed by atoms with E-state index in [4.69, 9.17) is 9.72 Å². The maximum absolute atomic E-state index is 6.95. The number of fused-ring (bicyclic) bond motifs is 8. The maximum Gasteiger partial charge on any atom is 0.135 e. The summed E-state index contributed by atoms with van der Waals surface area (Å²) in [6.07, 6.45) is 2.01. The monoisotopic (exact) mass is 1350 g/mol. The molecule has 0 spiro atoms. The number of aromatic nitrogens is 2. The summed E-state index contributed by atoms with van der Waals surface area (Å²) in [6.45, 7) is 11.2. The van der Waals surface area contributed by atoms with Crippen molar-refractivity contribution in [3.8, 4) is 84.1 Å². The van der Waals surface area contributed by atoms with Gasteiger partial charge in [0, 0.05) is 92.6 Å². The van der Waals surface area contributed by atoms with E-state index in [9.17, 15) is 0 Å². The summed E-state index contributed by atoms with van der Waals surface area (Å²) in [5, 5.41) is 4.80. The number of rotatable bonds is 11. The van der Waals surface area contributed by atoms with Gasteiger partial charge in [-0.2, -0.15) is 12.1 Å². The van der Waals surface area contributed by atoms with Crippen molar-refractivity contribution in [2.75, 3.05) is 9.80 Å². The molecule has 1 aliphatic heterocycles. The van der Waals surface area contributed by atoms with Gasteiger partial charge in [0.15, 0.2) is 0 Å². The fourth-order valence-corrected chi connectivity index (χ4v) is 14.4. The van der Waals surface area contributed by atoms with E-state index in [-0.39, 0.29) is 26.5 Å². The van der Waals surface area contributed by atoms with Gasteiger partial charge >= 0.3 is 0 Å². The second kappa shape index (κ2) is 23.1. The molecule has 15 aromatic rings. The van der Waals surface area contributed by atoms with Gasteiger partial charge in [0.1, 0.15) is 5.82 Å². The molecule has 0 saturated heterocycles. The summed E-state index contributed by atoms with van der Waals surface area (Å²) in [5.41, 5.74) is 21.8. The second-order valence-corrected chi connectivity index (χ2v) is 25.1. The summed E-state index contributed by atoms with van der Waals surface area (Å²) in [5.74, 6) is 2.00. The van der Waals surface area contributed by atoms with E-state index in [2.05, 4.69) is 322 Å². The van der Waals surface area contributed by atoms with Crippen molar-refractivity contribution in [3.63, 3.8) is 0 Å². The van der Waals surface area contributed by atoms with Crippen molar-refractivity contribution in [3.05, 3.63) is 309 Å². The number of pyridine rings is 1. The first kappa shape index (κ1) is 56.4. The predicted molar refractivity (Wildman–Crippen MR) is 373 cm³/mol. The minimum Gasteiger partial charge on any atom is -0.509 e. The number of hydrogen-bond acceptors (Lipinski definition) is 5. The first-order chi connectivity index (χ1) is 43.6. The Hall–Kier alpha value is -10.1. The van der Waals surface area contributed by atoms with Gasteiger partial charge in [-0.15, -0.1) is 59.4 Å². The van der Waals surface area contributed by atoms with Gasteiger partial charge in [0.25, 0.3) is 0 Å². The molecule has 5 nitrogen and oxygen atoms in total. The number of aryl methyl sites for hydroxylation is 1. The molecule has 0 fully saturated rings. The molecule has 0 N–H and O–H groups in total. The Labute approximate surface area is 543 Å². The molecule has 1 aliphatic rings. The van der Waals surface area contributed by atoms with E-state index in [0.717, 1.165) is 112 Å². The Morgan fingerprint density at radius 2 is 0.944 bits per heavy atom. The van der Waals surface area contributed by atoms with E-state index in [1.165, 1.54) is 36.7 Å². The van der Waals surface area contributed by atoms with Crippen LogP contribution in [0.4, 0.5) is 22.7 Å². The van der Waals surface area contributed by atoms with E-state index >= 15 is 0 Å². The molecular weight excluding hydrogens is 1300 g/mol. The normalized spacial score (nSPS) is 12.3. The largest absolute Gasteiger partial charge is 0.509 e. The van der Waals surface area contributed by atoms with Crippen LogP contribution in [0.15, 0.2) is 279 Å². The second-order valence-electron chi connectivity index (χ2n) is 24.1. The van der Waals surface area contributed by atoms with Crippen molar-refractivity contribution in [1.29, 1.82) is 0 Å². The number of anilines is 4. The molecule has 4 heterocycles. The van der Waals surface area contributed by atoms with Crippen LogP contribution in [0.3, 0.4) is 0 Å². The van der Waals surface area contributed by atoms with Crippen molar-refractivity contribution in [1.82, 2.24) is 9.55 Å².